The molecule has 1 aromatic carbocycles. The number of alkyl halides is 2. The molecule has 2 rings (SSSR count). The molecule has 1 heterocycles. The van der Waals surface area contributed by atoms with E-state index in [-0.39, 0.29) is 5.75 Å². The fourth-order valence-electron chi connectivity index (χ4n) is 2.28. The lowest BCUT2D eigenvalue weighted by atomic mass is 9.92. The zero-order chi connectivity index (χ0) is 12.1. The maximum Gasteiger partial charge on any atom is 0.387 e. The van der Waals surface area contributed by atoms with Crippen molar-refractivity contribution in [1.82, 2.24) is 5.32 Å². The minimum Gasteiger partial charge on any atom is -0.435 e. The molecule has 0 radical (unpaired) electrons. The van der Waals surface area contributed by atoms with E-state index in [1.165, 1.54) is 12.8 Å². The van der Waals surface area contributed by atoms with Crippen molar-refractivity contribution in [2.24, 2.45) is 5.92 Å². The van der Waals surface area contributed by atoms with Crippen LogP contribution in [-0.2, 0) is 6.42 Å². The number of halogens is 2. The van der Waals surface area contributed by atoms with Crippen molar-refractivity contribution in [2.45, 2.75) is 25.9 Å². The van der Waals surface area contributed by atoms with E-state index in [1.807, 2.05) is 6.07 Å². The second kappa shape index (κ2) is 5.96. The van der Waals surface area contributed by atoms with Gasteiger partial charge in [-0.15, -0.1) is 0 Å². The van der Waals surface area contributed by atoms with E-state index in [1.54, 1.807) is 18.2 Å². The average Bonchev–Trinajstić information content (AvgIpc) is 2.30. The van der Waals surface area contributed by atoms with Crippen molar-refractivity contribution >= 4 is 0 Å². The molecule has 0 aromatic heterocycles. The predicted molar refractivity (Wildman–Crippen MR) is 62.4 cm³/mol. The van der Waals surface area contributed by atoms with Gasteiger partial charge in [0.25, 0.3) is 0 Å². The van der Waals surface area contributed by atoms with E-state index in [4.69, 9.17) is 0 Å². The fourth-order valence-corrected chi connectivity index (χ4v) is 2.28. The molecule has 0 unspecified atom stereocenters. The van der Waals surface area contributed by atoms with Gasteiger partial charge >= 0.3 is 6.61 Å². The van der Waals surface area contributed by atoms with Crippen LogP contribution in [0.3, 0.4) is 0 Å². The molecule has 0 aliphatic carbocycles. The molecule has 1 fully saturated rings. The minimum atomic E-state index is -2.75. The number of hydrogen-bond donors (Lipinski definition) is 1. The van der Waals surface area contributed by atoms with Crippen LogP contribution in [-0.4, -0.2) is 19.7 Å². The summed E-state index contributed by atoms with van der Waals surface area (Å²) >= 11 is 0. The van der Waals surface area contributed by atoms with Gasteiger partial charge in [0.1, 0.15) is 5.75 Å². The van der Waals surface area contributed by atoms with Crippen LogP contribution in [0.5, 0.6) is 5.75 Å². The summed E-state index contributed by atoms with van der Waals surface area (Å²) in [5, 5.41) is 3.35. The molecule has 0 saturated carbocycles. The maximum atomic E-state index is 12.1. The molecule has 17 heavy (non-hydrogen) atoms. The third-order valence-electron chi connectivity index (χ3n) is 3.05. The molecule has 1 atom stereocenters. The van der Waals surface area contributed by atoms with Crippen LogP contribution in [0.15, 0.2) is 24.3 Å². The van der Waals surface area contributed by atoms with Gasteiger partial charge in [0.2, 0.25) is 0 Å². The first-order valence-corrected chi connectivity index (χ1v) is 5.98. The highest BCUT2D eigenvalue weighted by molar-refractivity contribution is 5.28. The predicted octanol–water partition coefficient (Wildman–Crippen LogP) is 2.83. The summed E-state index contributed by atoms with van der Waals surface area (Å²) in [5.74, 6) is 0.854. The van der Waals surface area contributed by atoms with Crippen molar-refractivity contribution in [3.05, 3.63) is 29.8 Å². The summed E-state index contributed by atoms with van der Waals surface area (Å²) in [5.41, 5.74) is 1.07. The third-order valence-corrected chi connectivity index (χ3v) is 3.05. The van der Waals surface area contributed by atoms with Gasteiger partial charge in [0, 0.05) is 0 Å². The molecule has 1 aromatic rings. The second-order valence-corrected chi connectivity index (χ2v) is 4.44. The zero-order valence-corrected chi connectivity index (χ0v) is 9.66. The Morgan fingerprint density at radius 1 is 1.41 bits per heavy atom. The van der Waals surface area contributed by atoms with Gasteiger partial charge in [0.05, 0.1) is 0 Å². The maximum absolute atomic E-state index is 12.1. The van der Waals surface area contributed by atoms with Gasteiger partial charge in [-0.3, -0.25) is 0 Å². The minimum absolute atomic E-state index is 0.251. The standard InChI is InChI=1S/C13H17F2NO/c14-13(15)17-12-5-1-3-10(8-12)7-11-4-2-6-16-9-11/h1,3,5,8,11,13,16H,2,4,6-7,9H2/t11-/m1/s1. The van der Waals surface area contributed by atoms with Gasteiger partial charge in [-0.2, -0.15) is 8.78 Å². The Hall–Kier alpha value is -1.16. The molecule has 0 spiro atoms. The van der Waals surface area contributed by atoms with E-state index >= 15 is 0 Å². The molecule has 4 heteroatoms. The second-order valence-electron chi connectivity index (χ2n) is 4.44. The van der Waals surface area contributed by atoms with Crippen LogP contribution in [0.2, 0.25) is 0 Å². The monoisotopic (exact) mass is 241 g/mol. The normalized spacial score (nSPS) is 20.5. The van der Waals surface area contributed by atoms with Crippen molar-refractivity contribution in [3.63, 3.8) is 0 Å². The van der Waals surface area contributed by atoms with Crippen LogP contribution < -0.4 is 10.1 Å². The summed E-state index contributed by atoms with van der Waals surface area (Å²) in [6.45, 7) is -0.646. The Morgan fingerprint density at radius 2 is 2.29 bits per heavy atom. The molecular formula is C13H17F2NO. The number of rotatable bonds is 4. The summed E-state index contributed by atoms with van der Waals surface area (Å²) in [4.78, 5) is 0. The van der Waals surface area contributed by atoms with Crippen LogP contribution in [0, 0.1) is 5.92 Å². The Labute approximate surface area is 100.0 Å². The van der Waals surface area contributed by atoms with E-state index in [9.17, 15) is 8.78 Å². The van der Waals surface area contributed by atoms with Crippen molar-refractivity contribution in [3.8, 4) is 5.75 Å². The molecule has 0 bridgehead atoms. The molecule has 94 valence electrons. The van der Waals surface area contributed by atoms with E-state index in [2.05, 4.69) is 10.1 Å². The van der Waals surface area contributed by atoms with E-state index in [0.29, 0.717) is 5.92 Å². The highest BCUT2D eigenvalue weighted by Crippen LogP contribution is 2.21. The number of ether oxygens (including phenoxy) is 1. The van der Waals surface area contributed by atoms with Crippen LogP contribution in [0.25, 0.3) is 0 Å². The van der Waals surface area contributed by atoms with Gasteiger partial charge in [-0.25, -0.2) is 0 Å². The highest BCUT2D eigenvalue weighted by atomic mass is 19.3. The smallest absolute Gasteiger partial charge is 0.387 e. The lowest BCUT2D eigenvalue weighted by molar-refractivity contribution is -0.0498. The summed E-state index contributed by atoms with van der Waals surface area (Å²) in [6, 6.07) is 7.01. The Balaban J connectivity index is 1.95. The summed E-state index contributed by atoms with van der Waals surface area (Å²) in [6.07, 6.45) is 3.32. The molecule has 1 saturated heterocycles. The molecule has 1 aliphatic heterocycles. The molecule has 1 aliphatic rings. The first-order valence-electron chi connectivity index (χ1n) is 5.98. The van der Waals surface area contributed by atoms with Crippen LogP contribution in [0.4, 0.5) is 8.78 Å². The average molecular weight is 241 g/mol. The lowest BCUT2D eigenvalue weighted by Gasteiger charge is -2.22. The molecular weight excluding hydrogens is 224 g/mol. The van der Waals surface area contributed by atoms with E-state index < -0.39 is 6.61 Å². The van der Waals surface area contributed by atoms with Gasteiger partial charge < -0.3 is 10.1 Å². The highest BCUT2D eigenvalue weighted by Gasteiger charge is 2.14. The largest absolute Gasteiger partial charge is 0.435 e. The van der Waals surface area contributed by atoms with Crippen LogP contribution >= 0.6 is 0 Å². The topological polar surface area (TPSA) is 21.3 Å². The zero-order valence-electron chi connectivity index (χ0n) is 9.66. The van der Waals surface area contributed by atoms with Crippen molar-refractivity contribution in [2.75, 3.05) is 13.1 Å². The Bertz CT molecular complexity index is 351. The van der Waals surface area contributed by atoms with Gasteiger partial charge in [0.15, 0.2) is 0 Å². The first kappa shape index (κ1) is 12.3. The lowest BCUT2D eigenvalue weighted by Crippen LogP contribution is -2.30. The Morgan fingerprint density at radius 3 is 3.00 bits per heavy atom. The van der Waals surface area contributed by atoms with Gasteiger partial charge in [-0.05, 0) is 56.0 Å². The number of piperidine rings is 1. The molecule has 1 N–H and O–H groups in total. The summed E-state index contributed by atoms with van der Waals surface area (Å²) in [7, 11) is 0. The van der Waals surface area contributed by atoms with E-state index in [0.717, 1.165) is 25.1 Å². The molecule has 0 amide bonds. The number of hydrogen-bond acceptors (Lipinski definition) is 2. The van der Waals surface area contributed by atoms with Crippen molar-refractivity contribution in [1.29, 1.82) is 0 Å². The number of benzene rings is 1. The van der Waals surface area contributed by atoms with Crippen LogP contribution in [0.1, 0.15) is 18.4 Å². The van der Waals surface area contributed by atoms with Crippen molar-refractivity contribution < 1.29 is 13.5 Å². The molecule has 2 nitrogen and oxygen atoms in total. The quantitative estimate of drug-likeness (QED) is 0.875. The number of nitrogens with one attached hydrogen (secondary N) is 1. The Kier molecular flexibility index (Phi) is 4.31. The van der Waals surface area contributed by atoms with Gasteiger partial charge in [-0.1, -0.05) is 12.1 Å². The first-order chi connectivity index (χ1) is 8.24. The summed E-state index contributed by atoms with van der Waals surface area (Å²) < 4.78 is 28.6. The third kappa shape index (κ3) is 3.97. The fraction of sp³-hybridized carbons (Fsp3) is 0.538. The SMILES string of the molecule is FC(F)Oc1cccc(C[C@H]2CCCNC2)c1.